The van der Waals surface area contributed by atoms with Crippen LogP contribution < -0.4 is 10.6 Å². The zero-order chi connectivity index (χ0) is 17.6. The first-order valence-corrected chi connectivity index (χ1v) is 7.78. The highest BCUT2D eigenvalue weighted by Crippen LogP contribution is 2.39. The third-order valence-electron chi connectivity index (χ3n) is 3.98. The summed E-state index contributed by atoms with van der Waals surface area (Å²) in [7, 11) is 3.66. The molecule has 8 nitrogen and oxygen atoms in total. The maximum Gasteiger partial charge on any atom is 0.348 e. The van der Waals surface area contributed by atoms with Gasteiger partial charge in [-0.3, -0.25) is 9.69 Å². The van der Waals surface area contributed by atoms with E-state index >= 15 is 0 Å². The van der Waals surface area contributed by atoms with Crippen LogP contribution in [0.2, 0.25) is 0 Å². The highest BCUT2D eigenvalue weighted by molar-refractivity contribution is 6.06. The zero-order valence-electron chi connectivity index (χ0n) is 13.8. The van der Waals surface area contributed by atoms with E-state index in [1.54, 1.807) is 40.3 Å². The van der Waals surface area contributed by atoms with Gasteiger partial charge in [0.05, 0.1) is 23.5 Å². The van der Waals surface area contributed by atoms with Crippen molar-refractivity contribution in [3.63, 3.8) is 0 Å². The van der Waals surface area contributed by atoms with Crippen LogP contribution in [0.5, 0.6) is 0 Å². The Morgan fingerprint density at radius 3 is 2.68 bits per heavy atom. The Labute approximate surface area is 143 Å². The number of carbonyl (C=O) groups is 1. The molecule has 0 atom stereocenters. The van der Waals surface area contributed by atoms with E-state index in [1.165, 1.54) is 4.57 Å². The van der Waals surface area contributed by atoms with E-state index in [2.05, 4.69) is 15.2 Å². The van der Waals surface area contributed by atoms with Crippen LogP contribution in [0.25, 0.3) is 17.1 Å². The summed E-state index contributed by atoms with van der Waals surface area (Å²) in [6.45, 7) is 0.211. The third-order valence-corrected chi connectivity index (χ3v) is 3.98. The lowest BCUT2D eigenvalue weighted by Crippen LogP contribution is -2.35. The number of nitrogens with zero attached hydrogens (tertiary/aromatic N) is 5. The van der Waals surface area contributed by atoms with Crippen LogP contribution in [0, 0.1) is 0 Å². The summed E-state index contributed by atoms with van der Waals surface area (Å²) in [5.41, 5.74) is 1.43. The standard InChI is InChI=1S/C17H16N6O2/c1-21(2)10-14(24)22-12-7-3-4-8-13(12)23-16(19-20-17(23)25)11-6-5-9-18-15(11)22/h3-9H,10H2,1-2H3,(H,20,25). The van der Waals surface area contributed by atoms with Gasteiger partial charge in [-0.2, -0.15) is 5.10 Å². The van der Waals surface area contributed by atoms with E-state index in [4.69, 9.17) is 0 Å². The second kappa shape index (κ2) is 5.67. The number of hydrogen-bond donors (Lipinski definition) is 1. The average Bonchev–Trinajstić information content (AvgIpc) is 2.91. The largest absolute Gasteiger partial charge is 0.348 e. The van der Waals surface area contributed by atoms with Crippen LogP contribution in [0.1, 0.15) is 0 Å². The Balaban J connectivity index is 2.06. The molecule has 0 radical (unpaired) electrons. The van der Waals surface area contributed by atoms with Gasteiger partial charge < -0.3 is 4.90 Å². The molecule has 1 aromatic carbocycles. The molecule has 3 heterocycles. The zero-order valence-corrected chi connectivity index (χ0v) is 13.8. The predicted molar refractivity (Wildman–Crippen MR) is 93.1 cm³/mol. The monoisotopic (exact) mass is 336 g/mol. The number of aromatic amines is 1. The molecule has 1 aliphatic heterocycles. The number of fused-ring (bicyclic) bond motifs is 5. The Hall–Kier alpha value is -3.26. The van der Waals surface area contributed by atoms with Gasteiger partial charge in [0.2, 0.25) is 5.91 Å². The molecule has 8 heteroatoms. The number of H-pyrrole nitrogens is 1. The molecule has 0 saturated heterocycles. The number of amides is 1. The van der Waals surface area contributed by atoms with Gasteiger partial charge in [0, 0.05) is 6.20 Å². The molecule has 2 aromatic heterocycles. The van der Waals surface area contributed by atoms with Crippen LogP contribution in [0.3, 0.4) is 0 Å². The van der Waals surface area contributed by atoms with Gasteiger partial charge in [0.15, 0.2) is 11.6 Å². The van der Waals surface area contributed by atoms with Crippen molar-refractivity contribution < 1.29 is 4.79 Å². The van der Waals surface area contributed by atoms with Gasteiger partial charge in [-0.25, -0.2) is 19.4 Å². The van der Waals surface area contributed by atoms with Crippen molar-refractivity contribution in [3.8, 4) is 17.1 Å². The summed E-state index contributed by atoms with van der Waals surface area (Å²) in [5.74, 6) is 0.750. The molecule has 126 valence electrons. The first-order chi connectivity index (χ1) is 12.1. The molecule has 0 unspecified atom stereocenters. The third kappa shape index (κ3) is 2.34. The number of benzene rings is 1. The average molecular weight is 336 g/mol. The van der Waals surface area contributed by atoms with Crippen molar-refractivity contribution >= 4 is 17.4 Å². The van der Waals surface area contributed by atoms with Crippen LogP contribution in [0.4, 0.5) is 11.5 Å². The second-order valence-electron chi connectivity index (χ2n) is 6.02. The fraction of sp³-hybridized carbons (Fsp3) is 0.176. The number of rotatable bonds is 2. The van der Waals surface area contributed by atoms with Crippen molar-refractivity contribution in [2.75, 3.05) is 25.5 Å². The molecule has 1 aliphatic rings. The van der Waals surface area contributed by atoms with Crippen LogP contribution in [0.15, 0.2) is 47.4 Å². The lowest BCUT2D eigenvalue weighted by Gasteiger charge is -2.24. The molecule has 3 aromatic rings. The molecule has 0 aliphatic carbocycles. The number of pyridine rings is 1. The lowest BCUT2D eigenvalue weighted by molar-refractivity contribution is -0.118. The van der Waals surface area contributed by atoms with Gasteiger partial charge in [-0.05, 0) is 38.4 Å². The van der Waals surface area contributed by atoms with Crippen molar-refractivity contribution in [2.45, 2.75) is 0 Å². The molecule has 4 rings (SSSR count). The molecular formula is C17H16N6O2. The van der Waals surface area contributed by atoms with Crippen molar-refractivity contribution in [3.05, 3.63) is 53.1 Å². The quantitative estimate of drug-likeness (QED) is 0.759. The topological polar surface area (TPSA) is 87.1 Å². The molecule has 0 fully saturated rings. The summed E-state index contributed by atoms with van der Waals surface area (Å²) in [5, 5.41) is 6.63. The molecule has 0 saturated carbocycles. The van der Waals surface area contributed by atoms with Crippen molar-refractivity contribution in [2.24, 2.45) is 0 Å². The summed E-state index contributed by atoms with van der Waals surface area (Å²) < 4.78 is 1.47. The second-order valence-corrected chi connectivity index (χ2v) is 6.02. The summed E-state index contributed by atoms with van der Waals surface area (Å²) >= 11 is 0. The predicted octanol–water partition coefficient (Wildman–Crippen LogP) is 1.16. The normalized spacial score (nSPS) is 12.4. The number of anilines is 2. The Kier molecular flexibility index (Phi) is 3.47. The first kappa shape index (κ1) is 15.3. The molecule has 0 bridgehead atoms. The fourth-order valence-corrected chi connectivity index (χ4v) is 3.00. The molecule has 25 heavy (non-hydrogen) atoms. The minimum Gasteiger partial charge on any atom is -0.301 e. The number of nitrogens with one attached hydrogen (secondary N) is 1. The van der Waals surface area contributed by atoms with Crippen LogP contribution in [-0.2, 0) is 4.79 Å². The van der Waals surface area contributed by atoms with Gasteiger partial charge in [-0.1, -0.05) is 12.1 Å². The highest BCUT2D eigenvalue weighted by Gasteiger charge is 2.31. The number of para-hydroxylation sites is 2. The van der Waals surface area contributed by atoms with Gasteiger partial charge in [-0.15, -0.1) is 0 Å². The summed E-state index contributed by atoms with van der Waals surface area (Å²) in [6, 6.07) is 10.8. The number of aromatic nitrogens is 4. The molecule has 1 N–H and O–H groups in total. The Morgan fingerprint density at radius 1 is 1.16 bits per heavy atom. The van der Waals surface area contributed by atoms with Gasteiger partial charge in [0.25, 0.3) is 0 Å². The number of likely N-dealkylation sites (N-methyl/N-ethyl adjacent to an activating group) is 1. The van der Waals surface area contributed by atoms with Crippen LogP contribution in [-0.4, -0.2) is 51.2 Å². The summed E-state index contributed by atoms with van der Waals surface area (Å²) in [6.07, 6.45) is 1.62. The number of hydrogen-bond acceptors (Lipinski definition) is 5. The van der Waals surface area contributed by atoms with E-state index in [-0.39, 0.29) is 18.1 Å². The molecule has 0 spiro atoms. The van der Waals surface area contributed by atoms with E-state index in [9.17, 15) is 9.59 Å². The molecular weight excluding hydrogens is 320 g/mol. The van der Waals surface area contributed by atoms with E-state index in [1.807, 2.05) is 26.2 Å². The highest BCUT2D eigenvalue weighted by atomic mass is 16.2. The SMILES string of the molecule is CN(C)CC(=O)N1c2ccccc2-n2c(n[nH]c2=O)-c2cccnc21. The number of carbonyl (C=O) groups excluding carboxylic acids is 1. The Bertz CT molecular complexity index is 1020. The van der Waals surface area contributed by atoms with Gasteiger partial charge >= 0.3 is 5.69 Å². The van der Waals surface area contributed by atoms with Gasteiger partial charge in [0.1, 0.15) is 0 Å². The molecule has 1 amide bonds. The minimum absolute atomic E-state index is 0.139. The Morgan fingerprint density at radius 2 is 1.92 bits per heavy atom. The van der Waals surface area contributed by atoms with Crippen LogP contribution >= 0.6 is 0 Å². The maximum absolute atomic E-state index is 13.0. The van der Waals surface area contributed by atoms with E-state index in [0.717, 1.165) is 0 Å². The van der Waals surface area contributed by atoms with Crippen molar-refractivity contribution in [1.29, 1.82) is 0 Å². The lowest BCUT2D eigenvalue weighted by atomic mass is 10.2. The summed E-state index contributed by atoms with van der Waals surface area (Å²) in [4.78, 5) is 33.1. The van der Waals surface area contributed by atoms with E-state index < -0.39 is 0 Å². The van der Waals surface area contributed by atoms with Crippen molar-refractivity contribution in [1.82, 2.24) is 24.6 Å². The van der Waals surface area contributed by atoms with E-state index in [0.29, 0.717) is 28.6 Å². The smallest absolute Gasteiger partial charge is 0.301 e. The fourth-order valence-electron chi connectivity index (χ4n) is 3.00. The minimum atomic E-state index is -0.362. The maximum atomic E-state index is 13.0. The first-order valence-electron chi connectivity index (χ1n) is 7.78.